The number of aliphatic hydroxyl groups is 3. The molecule has 0 aliphatic heterocycles. The van der Waals surface area contributed by atoms with Gasteiger partial charge in [-0.15, -0.1) is 0 Å². The molecule has 418 valence electrons. The molecular formula is C66H125NO4. The van der Waals surface area contributed by atoms with Crippen LogP contribution in [0, 0.1) is 0 Å². The largest absolute Gasteiger partial charge is 0.394 e. The van der Waals surface area contributed by atoms with Gasteiger partial charge in [0.2, 0.25) is 5.91 Å². The molecule has 5 nitrogen and oxygen atoms in total. The first-order valence-corrected chi connectivity index (χ1v) is 31.9. The number of carbonyl (C=O) groups is 1. The fourth-order valence-electron chi connectivity index (χ4n) is 9.96. The normalized spacial score (nSPS) is 13.5. The van der Waals surface area contributed by atoms with Gasteiger partial charge in [-0.3, -0.25) is 4.79 Å². The van der Waals surface area contributed by atoms with Crippen LogP contribution in [0.5, 0.6) is 0 Å². The lowest BCUT2D eigenvalue weighted by Gasteiger charge is -2.21. The molecule has 0 radical (unpaired) electrons. The van der Waals surface area contributed by atoms with Crippen LogP contribution in [0.4, 0.5) is 0 Å². The van der Waals surface area contributed by atoms with E-state index in [9.17, 15) is 20.1 Å². The lowest BCUT2D eigenvalue weighted by Crippen LogP contribution is -2.45. The number of hydrogen-bond acceptors (Lipinski definition) is 4. The van der Waals surface area contributed by atoms with E-state index in [0.29, 0.717) is 6.42 Å². The number of unbranched alkanes of at least 4 members (excludes halogenated alkanes) is 44. The van der Waals surface area contributed by atoms with Gasteiger partial charge in [0.1, 0.15) is 0 Å². The number of aliphatic hydroxyl groups excluding tert-OH is 3. The van der Waals surface area contributed by atoms with Crippen molar-refractivity contribution in [2.75, 3.05) is 6.61 Å². The maximum Gasteiger partial charge on any atom is 0.222 e. The second-order valence-corrected chi connectivity index (χ2v) is 22.0. The average molecular weight is 997 g/mol. The minimum absolute atomic E-state index is 0.00358. The Hall–Kier alpha value is -1.69. The Morgan fingerprint density at radius 3 is 0.901 bits per heavy atom. The van der Waals surface area contributed by atoms with E-state index in [1.54, 1.807) is 6.08 Å². The minimum Gasteiger partial charge on any atom is -0.394 e. The molecule has 0 aliphatic rings. The van der Waals surface area contributed by atoms with Gasteiger partial charge in [-0.05, 0) is 70.6 Å². The fraction of sp³-hybridized carbons (Fsp3) is 0.864. The molecule has 5 heteroatoms. The van der Waals surface area contributed by atoms with Crippen molar-refractivity contribution in [3.05, 3.63) is 48.6 Å². The third kappa shape index (κ3) is 57.4. The van der Waals surface area contributed by atoms with Crippen LogP contribution in [0.25, 0.3) is 0 Å². The van der Waals surface area contributed by atoms with Crippen LogP contribution in [-0.4, -0.2) is 46.1 Å². The van der Waals surface area contributed by atoms with Gasteiger partial charge in [0.25, 0.3) is 0 Å². The van der Waals surface area contributed by atoms with Crippen molar-refractivity contribution in [1.29, 1.82) is 0 Å². The van der Waals surface area contributed by atoms with E-state index >= 15 is 0 Å². The summed E-state index contributed by atoms with van der Waals surface area (Å²) < 4.78 is 0. The molecule has 0 saturated carbocycles. The third-order valence-electron chi connectivity index (χ3n) is 14.8. The van der Waals surface area contributed by atoms with E-state index in [2.05, 4.69) is 55.6 Å². The molecule has 0 aliphatic carbocycles. The summed E-state index contributed by atoms with van der Waals surface area (Å²) in [5.74, 6) is -0.325. The van der Waals surface area contributed by atoms with Crippen LogP contribution in [0.3, 0.4) is 0 Å². The predicted molar refractivity (Wildman–Crippen MR) is 314 cm³/mol. The summed E-state index contributed by atoms with van der Waals surface area (Å²) in [5.41, 5.74) is 0. The van der Waals surface area contributed by atoms with Gasteiger partial charge >= 0.3 is 0 Å². The molecule has 71 heavy (non-hydrogen) atoms. The molecule has 0 bridgehead atoms. The highest BCUT2D eigenvalue weighted by molar-refractivity contribution is 5.76. The Bertz CT molecular complexity index is 1150. The van der Waals surface area contributed by atoms with E-state index in [4.69, 9.17) is 0 Å². The zero-order valence-corrected chi connectivity index (χ0v) is 47.9. The summed E-state index contributed by atoms with van der Waals surface area (Å²) in [6.45, 7) is 4.24. The Kier molecular flexibility index (Phi) is 59.4. The Labute approximate surface area is 444 Å². The molecular weight excluding hydrogens is 871 g/mol. The Morgan fingerprint density at radius 2 is 0.606 bits per heavy atom. The van der Waals surface area contributed by atoms with Gasteiger partial charge in [-0.1, -0.05) is 313 Å². The zero-order valence-electron chi connectivity index (χ0n) is 47.9. The van der Waals surface area contributed by atoms with Crippen LogP contribution in [0.15, 0.2) is 48.6 Å². The molecule has 0 aromatic carbocycles. The van der Waals surface area contributed by atoms with Crippen molar-refractivity contribution < 1.29 is 20.1 Å². The van der Waals surface area contributed by atoms with Crippen molar-refractivity contribution in [1.82, 2.24) is 5.32 Å². The standard InChI is InChI=1S/C66H125NO4/c1-3-5-7-9-11-13-15-17-19-21-23-25-27-29-30-31-32-33-34-36-37-39-41-43-45-47-49-51-53-55-57-59-63(69)61-66(71)67-64(62-68)65(70)60-58-56-54-52-50-48-46-44-42-40-38-35-28-26-24-22-20-18-16-14-12-10-8-6-4-2/h29-30,42,44,50,52,58,60,63-65,68-70H,3-28,31-41,43,45-49,51,53-57,59,61-62H2,1-2H3,(H,67,71)/b30-29-,44-42+,52-50+,60-58+. The predicted octanol–water partition coefficient (Wildman–Crippen LogP) is 20.3. The smallest absolute Gasteiger partial charge is 0.222 e. The van der Waals surface area contributed by atoms with Crippen molar-refractivity contribution in [3.63, 3.8) is 0 Å². The van der Waals surface area contributed by atoms with Gasteiger partial charge < -0.3 is 20.6 Å². The van der Waals surface area contributed by atoms with Gasteiger partial charge in [0, 0.05) is 0 Å². The van der Waals surface area contributed by atoms with Crippen LogP contribution in [0.1, 0.15) is 341 Å². The SMILES string of the molecule is CCCCCCCCCCCCCC/C=C\CCCCCCCCCCCCCCCCCC(O)CC(=O)NC(CO)C(O)/C=C/CC/C=C/CC/C=C/CCCCCCCCCCCCCCCCC. The quantitative estimate of drug-likeness (QED) is 0.0361. The van der Waals surface area contributed by atoms with Gasteiger partial charge in [-0.25, -0.2) is 0 Å². The highest BCUT2D eigenvalue weighted by atomic mass is 16.3. The number of nitrogens with one attached hydrogen (secondary N) is 1. The molecule has 0 spiro atoms. The Balaban J connectivity index is 3.57. The first-order chi connectivity index (χ1) is 35.0. The minimum atomic E-state index is -0.962. The second-order valence-electron chi connectivity index (χ2n) is 22.0. The summed E-state index contributed by atoms with van der Waals surface area (Å²) >= 11 is 0. The lowest BCUT2D eigenvalue weighted by molar-refractivity contribution is -0.124. The fourth-order valence-corrected chi connectivity index (χ4v) is 9.96. The third-order valence-corrected chi connectivity index (χ3v) is 14.8. The number of rotatable bonds is 59. The van der Waals surface area contributed by atoms with Crippen LogP contribution < -0.4 is 5.32 Å². The van der Waals surface area contributed by atoms with Crippen molar-refractivity contribution in [2.24, 2.45) is 0 Å². The van der Waals surface area contributed by atoms with Gasteiger partial charge in [0.05, 0.1) is 31.3 Å². The number of hydrogen-bond donors (Lipinski definition) is 4. The summed E-state index contributed by atoms with van der Waals surface area (Å²) in [7, 11) is 0. The maximum absolute atomic E-state index is 12.6. The summed E-state index contributed by atoms with van der Waals surface area (Å²) in [6, 6.07) is -0.770. The van der Waals surface area contributed by atoms with Gasteiger partial charge in [0.15, 0.2) is 0 Å². The number of amides is 1. The van der Waals surface area contributed by atoms with E-state index in [1.165, 1.54) is 276 Å². The molecule has 0 saturated heterocycles. The lowest BCUT2D eigenvalue weighted by atomic mass is 10.0. The molecule has 1 amide bonds. The maximum atomic E-state index is 12.6. The van der Waals surface area contributed by atoms with Gasteiger partial charge in [-0.2, -0.15) is 0 Å². The molecule has 3 atom stereocenters. The van der Waals surface area contributed by atoms with E-state index in [-0.39, 0.29) is 18.9 Å². The first-order valence-electron chi connectivity index (χ1n) is 31.9. The molecule has 3 unspecified atom stereocenters. The molecule has 4 N–H and O–H groups in total. The topological polar surface area (TPSA) is 89.8 Å². The van der Waals surface area contributed by atoms with Crippen LogP contribution in [0.2, 0.25) is 0 Å². The monoisotopic (exact) mass is 996 g/mol. The molecule has 0 aromatic heterocycles. The Morgan fingerprint density at radius 1 is 0.352 bits per heavy atom. The van der Waals surface area contributed by atoms with E-state index in [0.717, 1.165) is 38.5 Å². The van der Waals surface area contributed by atoms with E-state index < -0.39 is 18.2 Å². The number of allylic oxidation sites excluding steroid dienone is 7. The molecule has 0 heterocycles. The highest BCUT2D eigenvalue weighted by Gasteiger charge is 2.20. The van der Waals surface area contributed by atoms with Crippen molar-refractivity contribution in [2.45, 2.75) is 360 Å². The van der Waals surface area contributed by atoms with Crippen LogP contribution in [-0.2, 0) is 4.79 Å². The first kappa shape index (κ1) is 69.3. The van der Waals surface area contributed by atoms with Crippen molar-refractivity contribution >= 4 is 5.91 Å². The van der Waals surface area contributed by atoms with Crippen molar-refractivity contribution in [3.8, 4) is 0 Å². The number of carbonyl (C=O) groups excluding carboxylic acids is 1. The van der Waals surface area contributed by atoms with E-state index in [1.807, 2.05) is 6.08 Å². The molecule has 0 aromatic rings. The summed E-state index contributed by atoms with van der Waals surface area (Å²) in [4.78, 5) is 12.6. The molecule has 0 rings (SSSR count). The second kappa shape index (κ2) is 60.9. The summed E-state index contributed by atoms with van der Waals surface area (Å²) in [5, 5.41) is 33.5. The average Bonchev–Trinajstić information content (AvgIpc) is 3.37. The molecule has 0 fully saturated rings. The summed E-state index contributed by atoms with van der Waals surface area (Å²) in [6.07, 6.45) is 81.9. The van der Waals surface area contributed by atoms with Crippen LogP contribution >= 0.6 is 0 Å². The highest BCUT2D eigenvalue weighted by Crippen LogP contribution is 2.18. The zero-order chi connectivity index (χ0) is 51.4.